The van der Waals surface area contributed by atoms with Gasteiger partial charge < -0.3 is 19.7 Å². The molecule has 0 radical (unpaired) electrons. The van der Waals surface area contributed by atoms with Crippen LogP contribution >= 0.6 is 0 Å². The molecule has 17 heavy (non-hydrogen) atoms. The van der Waals surface area contributed by atoms with Crippen molar-refractivity contribution >= 4 is 5.91 Å². The smallest absolute Gasteiger partial charge is 0.263 e. The molecule has 0 bridgehead atoms. The van der Waals surface area contributed by atoms with E-state index in [1.165, 1.54) is 15.5 Å². The van der Waals surface area contributed by atoms with Gasteiger partial charge in [0.05, 0.1) is 13.2 Å². The molecule has 1 amide bonds. The van der Waals surface area contributed by atoms with Crippen molar-refractivity contribution in [3.8, 4) is 0 Å². The number of aromatic nitrogens is 1. The third kappa shape index (κ3) is 3.15. The zero-order chi connectivity index (χ0) is 12.8. The average molecular weight is 240 g/mol. The Kier molecular flexibility index (Phi) is 4.86. The molecule has 2 N–H and O–H groups in total. The maximum atomic E-state index is 12.0. The maximum absolute atomic E-state index is 12.0. The van der Waals surface area contributed by atoms with E-state index in [0.29, 0.717) is 0 Å². The number of hydrogen-bond acceptors (Lipinski definition) is 4. The van der Waals surface area contributed by atoms with Gasteiger partial charge in [-0.1, -0.05) is 0 Å². The van der Waals surface area contributed by atoms with Crippen molar-refractivity contribution in [1.82, 2.24) is 9.47 Å². The van der Waals surface area contributed by atoms with Crippen LogP contribution in [0.25, 0.3) is 0 Å². The van der Waals surface area contributed by atoms with Gasteiger partial charge in [-0.25, -0.2) is 0 Å². The van der Waals surface area contributed by atoms with Gasteiger partial charge in [0, 0.05) is 26.3 Å². The molecule has 6 nitrogen and oxygen atoms in total. The predicted octanol–water partition coefficient (Wildman–Crippen LogP) is -1.19. The van der Waals surface area contributed by atoms with Crippen molar-refractivity contribution < 1.29 is 15.0 Å². The molecule has 1 aromatic heterocycles. The fourth-order valence-corrected chi connectivity index (χ4v) is 1.49. The third-order valence-corrected chi connectivity index (χ3v) is 2.38. The van der Waals surface area contributed by atoms with Crippen LogP contribution in [0.3, 0.4) is 0 Å². The Labute approximate surface area is 98.7 Å². The normalized spacial score (nSPS) is 10.3. The SMILES string of the molecule is Cn1cccc(C(=O)N(CCO)CCO)c1=O. The van der Waals surface area contributed by atoms with Crippen molar-refractivity contribution in [2.75, 3.05) is 26.3 Å². The van der Waals surface area contributed by atoms with E-state index in [1.807, 2.05) is 0 Å². The lowest BCUT2D eigenvalue weighted by Crippen LogP contribution is -2.39. The van der Waals surface area contributed by atoms with Crippen LogP contribution in [0.15, 0.2) is 23.1 Å². The van der Waals surface area contributed by atoms with Crippen LogP contribution in [0.5, 0.6) is 0 Å². The Morgan fingerprint density at radius 3 is 2.47 bits per heavy atom. The van der Waals surface area contributed by atoms with E-state index < -0.39 is 11.5 Å². The van der Waals surface area contributed by atoms with Crippen LogP contribution in [0.1, 0.15) is 10.4 Å². The highest BCUT2D eigenvalue weighted by Gasteiger charge is 2.18. The summed E-state index contributed by atoms with van der Waals surface area (Å²) < 4.78 is 1.31. The highest BCUT2D eigenvalue weighted by molar-refractivity contribution is 5.93. The van der Waals surface area contributed by atoms with E-state index in [4.69, 9.17) is 10.2 Å². The van der Waals surface area contributed by atoms with E-state index in [2.05, 4.69) is 0 Å². The van der Waals surface area contributed by atoms with Crippen LogP contribution < -0.4 is 5.56 Å². The Morgan fingerprint density at radius 2 is 1.94 bits per heavy atom. The number of aliphatic hydroxyl groups excluding tert-OH is 2. The fraction of sp³-hybridized carbons (Fsp3) is 0.455. The second-order valence-corrected chi connectivity index (χ2v) is 3.58. The number of nitrogens with zero attached hydrogens (tertiary/aromatic N) is 2. The predicted molar refractivity (Wildman–Crippen MR) is 61.8 cm³/mol. The van der Waals surface area contributed by atoms with Crippen molar-refractivity contribution in [3.05, 3.63) is 34.2 Å². The second-order valence-electron chi connectivity index (χ2n) is 3.58. The number of aryl methyl sites for hydroxylation is 1. The molecular formula is C11H16N2O4. The van der Waals surface area contributed by atoms with E-state index >= 15 is 0 Å². The van der Waals surface area contributed by atoms with Crippen molar-refractivity contribution in [2.45, 2.75) is 0 Å². The Bertz CT molecular complexity index is 435. The van der Waals surface area contributed by atoms with Crippen molar-refractivity contribution in [1.29, 1.82) is 0 Å². The Hall–Kier alpha value is -1.66. The molecule has 1 rings (SSSR count). The highest BCUT2D eigenvalue weighted by Crippen LogP contribution is 1.99. The molecule has 94 valence electrons. The summed E-state index contributed by atoms with van der Waals surface area (Å²) in [5.74, 6) is -0.477. The van der Waals surface area contributed by atoms with Gasteiger partial charge in [-0.3, -0.25) is 9.59 Å². The van der Waals surface area contributed by atoms with Crippen molar-refractivity contribution in [3.63, 3.8) is 0 Å². The minimum atomic E-state index is -0.477. The minimum absolute atomic E-state index is 0.0388. The van der Waals surface area contributed by atoms with Crippen LogP contribution in [0.4, 0.5) is 0 Å². The summed E-state index contributed by atoms with van der Waals surface area (Å²) in [4.78, 5) is 24.9. The van der Waals surface area contributed by atoms with Gasteiger partial charge in [-0.05, 0) is 12.1 Å². The zero-order valence-corrected chi connectivity index (χ0v) is 9.67. The number of amides is 1. The Morgan fingerprint density at radius 1 is 1.35 bits per heavy atom. The molecule has 0 aliphatic heterocycles. The summed E-state index contributed by atoms with van der Waals surface area (Å²) in [5.41, 5.74) is -0.352. The average Bonchev–Trinajstić information content (AvgIpc) is 2.31. The molecule has 0 fully saturated rings. The second kappa shape index (κ2) is 6.17. The van der Waals surface area contributed by atoms with Gasteiger partial charge in [0.1, 0.15) is 5.56 Å². The lowest BCUT2D eigenvalue weighted by atomic mass is 10.2. The fourth-order valence-electron chi connectivity index (χ4n) is 1.49. The first kappa shape index (κ1) is 13.4. The van der Waals surface area contributed by atoms with Gasteiger partial charge in [-0.2, -0.15) is 0 Å². The van der Waals surface area contributed by atoms with Gasteiger partial charge in [-0.15, -0.1) is 0 Å². The molecule has 0 aromatic carbocycles. The van der Waals surface area contributed by atoms with Crippen LogP contribution in [0, 0.1) is 0 Å². The number of rotatable bonds is 5. The quantitative estimate of drug-likeness (QED) is 0.678. The monoisotopic (exact) mass is 240 g/mol. The van der Waals surface area contributed by atoms with E-state index in [0.717, 1.165) is 0 Å². The van der Waals surface area contributed by atoms with E-state index in [1.54, 1.807) is 19.3 Å². The molecule has 0 spiro atoms. The third-order valence-electron chi connectivity index (χ3n) is 2.38. The number of hydrogen-bond donors (Lipinski definition) is 2. The van der Waals surface area contributed by atoms with Gasteiger partial charge in [0.25, 0.3) is 11.5 Å². The number of pyridine rings is 1. The molecule has 0 saturated carbocycles. The number of aliphatic hydroxyl groups is 2. The van der Waals surface area contributed by atoms with Crippen LogP contribution in [-0.2, 0) is 7.05 Å². The molecule has 6 heteroatoms. The molecule has 0 atom stereocenters. The standard InChI is InChI=1S/C11H16N2O4/c1-12-4-2-3-9(10(12)16)11(17)13(5-7-14)6-8-15/h2-4,14-15H,5-8H2,1H3. The summed E-state index contributed by atoms with van der Waals surface area (Å²) in [7, 11) is 1.56. The zero-order valence-electron chi connectivity index (χ0n) is 9.67. The maximum Gasteiger partial charge on any atom is 0.263 e. The number of carbonyl (C=O) groups excluding carboxylic acids is 1. The van der Waals surface area contributed by atoms with Gasteiger partial charge >= 0.3 is 0 Å². The van der Waals surface area contributed by atoms with Gasteiger partial charge in [0.2, 0.25) is 0 Å². The molecule has 0 aliphatic carbocycles. The molecule has 0 unspecified atom stereocenters. The molecule has 0 saturated heterocycles. The largest absolute Gasteiger partial charge is 0.395 e. The molecule has 0 aliphatic rings. The lowest BCUT2D eigenvalue weighted by Gasteiger charge is -2.20. The van der Waals surface area contributed by atoms with Gasteiger partial charge in [0.15, 0.2) is 0 Å². The molecule has 1 aromatic rings. The summed E-state index contributed by atoms with van der Waals surface area (Å²) >= 11 is 0. The first-order valence-corrected chi connectivity index (χ1v) is 5.28. The van der Waals surface area contributed by atoms with Crippen molar-refractivity contribution in [2.24, 2.45) is 7.05 Å². The summed E-state index contributed by atoms with van der Waals surface area (Å²) in [6.07, 6.45) is 1.56. The molecular weight excluding hydrogens is 224 g/mol. The highest BCUT2D eigenvalue weighted by atomic mass is 16.3. The summed E-state index contributed by atoms with van der Waals surface area (Å²) in [5, 5.41) is 17.6. The van der Waals surface area contributed by atoms with Crippen LogP contribution in [0.2, 0.25) is 0 Å². The Balaban J connectivity index is 3.01. The topological polar surface area (TPSA) is 82.8 Å². The van der Waals surface area contributed by atoms with E-state index in [-0.39, 0.29) is 31.9 Å². The summed E-state index contributed by atoms with van der Waals surface area (Å²) in [6.45, 7) is -0.230. The van der Waals surface area contributed by atoms with Crippen LogP contribution in [-0.4, -0.2) is 51.9 Å². The lowest BCUT2D eigenvalue weighted by molar-refractivity contribution is 0.0682. The number of carbonyl (C=O) groups is 1. The van der Waals surface area contributed by atoms with E-state index in [9.17, 15) is 9.59 Å². The first-order valence-electron chi connectivity index (χ1n) is 5.28. The first-order chi connectivity index (χ1) is 8.11. The molecule has 1 heterocycles. The summed E-state index contributed by atoms with van der Waals surface area (Å²) in [6, 6.07) is 3.04. The minimum Gasteiger partial charge on any atom is -0.395 e.